The van der Waals surface area contributed by atoms with Crippen LogP contribution in [-0.4, -0.2) is 16.3 Å². The molecule has 0 atom stereocenters. The average molecular weight is 351 g/mol. The van der Waals surface area contributed by atoms with Gasteiger partial charge in [-0.3, -0.25) is 14.8 Å². The maximum absolute atomic E-state index is 10.8. The molecule has 0 amide bonds. The fraction of sp³-hybridized carbons (Fsp3) is 0. The second-order valence-electron chi connectivity index (χ2n) is 6.00. The second kappa shape index (κ2) is 7.62. The molecule has 0 aliphatic rings. The van der Waals surface area contributed by atoms with Crippen molar-refractivity contribution in [2.24, 2.45) is 0 Å². The summed E-state index contributed by atoms with van der Waals surface area (Å²) in [6.45, 7) is 0. The maximum Gasteiger partial charge on any atom is 0.151 e. The topological polar surface area (TPSA) is 46.1 Å². The first-order valence-corrected chi connectivity index (χ1v) is 8.63. The van der Waals surface area contributed by atoms with Gasteiger partial charge in [-0.15, -0.1) is 0 Å². The molecule has 0 spiro atoms. The van der Waals surface area contributed by atoms with Gasteiger partial charge in [0.25, 0.3) is 0 Å². The zero-order chi connectivity index (χ0) is 18.5. The number of hydrogen-bond donors (Lipinski definition) is 0. The highest BCUT2D eigenvalue weighted by Crippen LogP contribution is 2.34. The maximum atomic E-state index is 10.8. The third kappa shape index (κ3) is 3.60. The molecule has 0 aliphatic heterocycles. The Hall–Kier alpha value is -3.79. The van der Waals surface area contributed by atoms with Crippen molar-refractivity contribution >= 4 is 23.3 Å². The number of anilines is 3. The number of nitrogens with zero attached hydrogens (tertiary/aromatic N) is 3. The van der Waals surface area contributed by atoms with Crippen LogP contribution >= 0.6 is 0 Å². The summed E-state index contributed by atoms with van der Waals surface area (Å²) in [5, 5.41) is 0. The van der Waals surface area contributed by atoms with Crippen molar-refractivity contribution in [2.45, 2.75) is 0 Å². The largest absolute Gasteiger partial charge is 0.309 e. The molecule has 0 fully saturated rings. The van der Waals surface area contributed by atoms with Crippen LogP contribution in [-0.2, 0) is 0 Å². The molecule has 2 aromatic heterocycles. The molecule has 130 valence electrons. The van der Waals surface area contributed by atoms with Gasteiger partial charge in [-0.2, -0.15) is 0 Å². The summed E-state index contributed by atoms with van der Waals surface area (Å²) in [4.78, 5) is 21.8. The van der Waals surface area contributed by atoms with Crippen molar-refractivity contribution < 1.29 is 4.79 Å². The smallest absolute Gasteiger partial charge is 0.151 e. The molecule has 4 rings (SSSR count). The summed E-state index contributed by atoms with van der Waals surface area (Å²) >= 11 is 0. The number of benzene rings is 2. The quantitative estimate of drug-likeness (QED) is 0.450. The van der Waals surface area contributed by atoms with Gasteiger partial charge in [0.15, 0.2) is 6.29 Å². The molecular weight excluding hydrogens is 334 g/mol. The van der Waals surface area contributed by atoms with Crippen LogP contribution in [0.4, 0.5) is 17.1 Å². The van der Waals surface area contributed by atoms with Crippen molar-refractivity contribution in [3.05, 3.63) is 103 Å². The van der Waals surface area contributed by atoms with Gasteiger partial charge >= 0.3 is 0 Å². The van der Waals surface area contributed by atoms with E-state index in [0.29, 0.717) is 5.56 Å². The van der Waals surface area contributed by atoms with E-state index in [4.69, 9.17) is 0 Å². The number of carbonyl (C=O) groups is 1. The molecule has 2 aromatic carbocycles. The molecule has 0 saturated carbocycles. The number of rotatable bonds is 5. The van der Waals surface area contributed by atoms with Crippen molar-refractivity contribution in [1.29, 1.82) is 0 Å². The van der Waals surface area contributed by atoms with E-state index in [-0.39, 0.29) is 0 Å². The SMILES string of the molecule is O=Cc1ccc(-c2ccc(N(c3ccccc3)c3ccccc3)cn2)nc1. The predicted molar refractivity (Wildman–Crippen MR) is 108 cm³/mol. The molecule has 0 bridgehead atoms. The Morgan fingerprint density at radius 1 is 0.593 bits per heavy atom. The van der Waals surface area contributed by atoms with Crippen LogP contribution in [0.2, 0.25) is 0 Å². The van der Waals surface area contributed by atoms with Gasteiger partial charge in [0.05, 0.1) is 23.3 Å². The molecule has 27 heavy (non-hydrogen) atoms. The molecule has 0 N–H and O–H groups in total. The minimum Gasteiger partial charge on any atom is -0.309 e. The lowest BCUT2D eigenvalue weighted by Crippen LogP contribution is -2.10. The summed E-state index contributed by atoms with van der Waals surface area (Å²) in [6, 6.07) is 27.9. The number of pyridine rings is 2. The van der Waals surface area contributed by atoms with E-state index in [2.05, 4.69) is 39.1 Å². The highest BCUT2D eigenvalue weighted by Gasteiger charge is 2.12. The average Bonchev–Trinajstić information content (AvgIpc) is 2.76. The van der Waals surface area contributed by atoms with Crippen molar-refractivity contribution in [3.63, 3.8) is 0 Å². The van der Waals surface area contributed by atoms with E-state index in [1.165, 1.54) is 0 Å². The van der Waals surface area contributed by atoms with Crippen molar-refractivity contribution in [3.8, 4) is 11.4 Å². The molecule has 4 heteroatoms. The van der Waals surface area contributed by atoms with Crippen LogP contribution in [0.3, 0.4) is 0 Å². The third-order valence-electron chi connectivity index (χ3n) is 4.22. The summed E-state index contributed by atoms with van der Waals surface area (Å²) in [7, 11) is 0. The second-order valence-corrected chi connectivity index (χ2v) is 6.00. The Bertz CT molecular complexity index is 975. The first-order chi connectivity index (χ1) is 13.3. The van der Waals surface area contributed by atoms with Crippen molar-refractivity contribution in [1.82, 2.24) is 9.97 Å². The fourth-order valence-corrected chi connectivity index (χ4v) is 2.90. The Morgan fingerprint density at radius 2 is 1.15 bits per heavy atom. The number of carbonyl (C=O) groups excluding carboxylic acids is 1. The number of hydrogen-bond acceptors (Lipinski definition) is 4. The summed E-state index contributed by atoms with van der Waals surface area (Å²) in [5.41, 5.74) is 5.13. The standard InChI is InChI=1S/C23H17N3O/c27-17-18-11-13-22(24-15-18)23-14-12-21(16-25-23)26(19-7-3-1-4-8-19)20-9-5-2-6-10-20/h1-17H. The van der Waals surface area contributed by atoms with Crippen LogP contribution < -0.4 is 4.90 Å². The van der Waals surface area contributed by atoms with Gasteiger partial charge in [-0.1, -0.05) is 36.4 Å². The van der Waals surface area contributed by atoms with Crippen LogP contribution in [0, 0.1) is 0 Å². The zero-order valence-electron chi connectivity index (χ0n) is 14.6. The third-order valence-corrected chi connectivity index (χ3v) is 4.22. The lowest BCUT2D eigenvalue weighted by Gasteiger charge is -2.25. The Balaban J connectivity index is 1.71. The molecule has 0 aliphatic carbocycles. The Morgan fingerprint density at radius 3 is 1.59 bits per heavy atom. The Labute approximate surface area is 157 Å². The number of para-hydroxylation sites is 2. The summed E-state index contributed by atoms with van der Waals surface area (Å²) in [6.07, 6.45) is 4.17. The molecule has 4 nitrogen and oxygen atoms in total. The van der Waals surface area contributed by atoms with Gasteiger partial charge in [-0.25, -0.2) is 0 Å². The van der Waals surface area contributed by atoms with E-state index >= 15 is 0 Å². The van der Waals surface area contributed by atoms with Crippen LogP contribution in [0.5, 0.6) is 0 Å². The van der Waals surface area contributed by atoms with Crippen molar-refractivity contribution in [2.75, 3.05) is 4.90 Å². The van der Waals surface area contributed by atoms with E-state index in [1.54, 1.807) is 18.3 Å². The number of aldehydes is 1. The lowest BCUT2D eigenvalue weighted by atomic mass is 10.2. The first kappa shape index (κ1) is 16.7. The van der Waals surface area contributed by atoms with E-state index in [9.17, 15) is 4.79 Å². The fourth-order valence-electron chi connectivity index (χ4n) is 2.90. The summed E-state index contributed by atoms with van der Waals surface area (Å²) < 4.78 is 0. The molecule has 2 heterocycles. The highest BCUT2D eigenvalue weighted by atomic mass is 16.1. The molecular formula is C23H17N3O. The highest BCUT2D eigenvalue weighted by molar-refractivity contribution is 5.77. The van der Waals surface area contributed by atoms with Crippen LogP contribution in [0.1, 0.15) is 10.4 Å². The predicted octanol–water partition coefficient (Wildman–Crippen LogP) is 5.43. The molecule has 0 saturated heterocycles. The Kier molecular flexibility index (Phi) is 4.70. The monoisotopic (exact) mass is 351 g/mol. The minimum absolute atomic E-state index is 0.551. The molecule has 0 radical (unpaired) electrons. The van der Waals surface area contributed by atoms with E-state index < -0.39 is 0 Å². The van der Waals surface area contributed by atoms with Gasteiger partial charge in [-0.05, 0) is 48.5 Å². The summed E-state index contributed by atoms with van der Waals surface area (Å²) in [5.74, 6) is 0. The van der Waals surface area contributed by atoms with Gasteiger partial charge < -0.3 is 4.90 Å². The van der Waals surface area contributed by atoms with Gasteiger partial charge in [0.2, 0.25) is 0 Å². The zero-order valence-corrected chi connectivity index (χ0v) is 14.6. The van der Waals surface area contributed by atoms with Gasteiger partial charge in [0.1, 0.15) is 0 Å². The molecule has 0 unspecified atom stereocenters. The van der Waals surface area contributed by atoms with Gasteiger partial charge in [0, 0.05) is 23.1 Å². The molecule has 4 aromatic rings. The first-order valence-electron chi connectivity index (χ1n) is 8.63. The lowest BCUT2D eigenvalue weighted by molar-refractivity contribution is 0.112. The van der Waals surface area contributed by atoms with E-state index in [0.717, 1.165) is 34.7 Å². The van der Waals surface area contributed by atoms with Crippen LogP contribution in [0.15, 0.2) is 97.3 Å². The number of aromatic nitrogens is 2. The minimum atomic E-state index is 0.551. The normalized spacial score (nSPS) is 10.4. The van der Waals surface area contributed by atoms with Crippen LogP contribution in [0.25, 0.3) is 11.4 Å². The van der Waals surface area contributed by atoms with E-state index in [1.807, 2.05) is 54.7 Å².